The van der Waals surface area contributed by atoms with Crippen LogP contribution in [0.25, 0.3) is 0 Å². The minimum Gasteiger partial charge on any atom is -0.484 e. The lowest BCUT2D eigenvalue weighted by molar-refractivity contribution is -0.142. The lowest BCUT2D eigenvalue weighted by Gasteiger charge is -2.28. The van der Waals surface area contributed by atoms with Gasteiger partial charge in [0, 0.05) is 13.6 Å². The molecule has 2 aromatic carbocycles. The van der Waals surface area contributed by atoms with Crippen LogP contribution >= 0.6 is 0 Å². The summed E-state index contributed by atoms with van der Waals surface area (Å²) in [4.78, 5) is 26.4. The summed E-state index contributed by atoms with van der Waals surface area (Å²) in [6, 6.07) is 14.8. The van der Waals surface area contributed by atoms with Crippen molar-refractivity contribution in [2.24, 2.45) is 0 Å². The summed E-state index contributed by atoms with van der Waals surface area (Å²) >= 11 is 0. The van der Waals surface area contributed by atoms with Crippen molar-refractivity contribution >= 4 is 11.8 Å². The van der Waals surface area contributed by atoms with Crippen molar-refractivity contribution in [2.75, 3.05) is 13.7 Å². The van der Waals surface area contributed by atoms with Gasteiger partial charge in [0.05, 0.1) is 0 Å². The molecular formula is C21H26N2O3. The predicted octanol–water partition coefficient (Wildman–Crippen LogP) is 2.85. The molecule has 0 saturated carbocycles. The van der Waals surface area contributed by atoms with Crippen LogP contribution in [0.3, 0.4) is 0 Å². The van der Waals surface area contributed by atoms with Gasteiger partial charge in [-0.05, 0) is 49.6 Å². The van der Waals surface area contributed by atoms with Crippen molar-refractivity contribution in [1.82, 2.24) is 10.2 Å². The van der Waals surface area contributed by atoms with Crippen LogP contribution in [0.1, 0.15) is 23.6 Å². The maximum absolute atomic E-state index is 12.8. The number of nitrogens with zero attached hydrogens (tertiary/aromatic N) is 1. The van der Waals surface area contributed by atoms with E-state index in [4.69, 9.17) is 4.74 Å². The summed E-state index contributed by atoms with van der Waals surface area (Å²) in [5.74, 6) is 0.216. The Morgan fingerprint density at radius 3 is 2.27 bits per heavy atom. The van der Waals surface area contributed by atoms with Crippen LogP contribution in [0.15, 0.2) is 48.5 Å². The Bertz CT molecular complexity index is 739. The zero-order valence-electron chi connectivity index (χ0n) is 15.8. The van der Waals surface area contributed by atoms with Crippen LogP contribution in [-0.4, -0.2) is 36.4 Å². The smallest absolute Gasteiger partial charge is 0.261 e. The van der Waals surface area contributed by atoms with Crippen LogP contribution in [0.2, 0.25) is 0 Å². The van der Waals surface area contributed by atoms with E-state index in [-0.39, 0.29) is 18.4 Å². The Balaban J connectivity index is 2.12. The van der Waals surface area contributed by atoms with Crippen LogP contribution in [0.4, 0.5) is 0 Å². The molecule has 0 aliphatic heterocycles. The molecule has 0 aromatic heterocycles. The number of likely N-dealkylation sites (N-methyl/N-ethyl adjacent to an activating group) is 1. The molecule has 0 saturated heterocycles. The zero-order valence-corrected chi connectivity index (χ0v) is 15.8. The van der Waals surface area contributed by atoms with Crippen LogP contribution in [0, 0.1) is 13.8 Å². The second kappa shape index (κ2) is 9.04. The Kier molecular flexibility index (Phi) is 6.78. The van der Waals surface area contributed by atoms with E-state index in [9.17, 15) is 9.59 Å². The van der Waals surface area contributed by atoms with Crippen molar-refractivity contribution in [3.63, 3.8) is 0 Å². The van der Waals surface area contributed by atoms with Gasteiger partial charge in [0.2, 0.25) is 5.91 Å². The van der Waals surface area contributed by atoms with Crippen molar-refractivity contribution < 1.29 is 14.3 Å². The largest absolute Gasteiger partial charge is 0.484 e. The highest BCUT2D eigenvalue weighted by Crippen LogP contribution is 2.17. The molecule has 1 atom stereocenters. The van der Waals surface area contributed by atoms with E-state index in [1.54, 1.807) is 14.0 Å². The van der Waals surface area contributed by atoms with Gasteiger partial charge in [0.25, 0.3) is 5.91 Å². The molecule has 5 nitrogen and oxygen atoms in total. The van der Waals surface area contributed by atoms with E-state index in [1.165, 1.54) is 4.90 Å². The average molecular weight is 354 g/mol. The maximum Gasteiger partial charge on any atom is 0.261 e. The molecule has 5 heteroatoms. The molecule has 2 aromatic rings. The van der Waals surface area contributed by atoms with Crippen molar-refractivity contribution in [2.45, 2.75) is 33.4 Å². The first-order valence-corrected chi connectivity index (χ1v) is 8.66. The predicted molar refractivity (Wildman–Crippen MR) is 102 cm³/mol. The summed E-state index contributed by atoms with van der Waals surface area (Å²) in [6.07, 6.45) is 0. The second-order valence-corrected chi connectivity index (χ2v) is 6.41. The Labute approximate surface area is 155 Å². The molecular weight excluding hydrogens is 328 g/mol. The Morgan fingerprint density at radius 2 is 1.69 bits per heavy atom. The number of aryl methyl sites for hydroxylation is 2. The van der Waals surface area contributed by atoms with Gasteiger partial charge in [0.1, 0.15) is 11.8 Å². The van der Waals surface area contributed by atoms with Gasteiger partial charge in [-0.1, -0.05) is 36.4 Å². The van der Waals surface area contributed by atoms with Gasteiger partial charge in [0.15, 0.2) is 6.61 Å². The average Bonchev–Trinajstić information content (AvgIpc) is 2.63. The number of nitrogens with one attached hydrogen (secondary N) is 1. The van der Waals surface area contributed by atoms with E-state index in [1.807, 2.05) is 62.4 Å². The standard InChI is InChI=1S/C21H26N2O3/c1-15-10-16(2)12-19(11-15)26-14-20(24)23(17(3)21(25)22-4)13-18-8-6-5-7-9-18/h5-12,17H,13-14H2,1-4H3,(H,22,25)/t17-/m0/s1. The van der Waals surface area contributed by atoms with Gasteiger partial charge in [-0.15, -0.1) is 0 Å². The molecule has 0 unspecified atom stereocenters. The topological polar surface area (TPSA) is 58.6 Å². The third-order valence-electron chi connectivity index (χ3n) is 4.17. The number of hydrogen-bond donors (Lipinski definition) is 1. The van der Waals surface area contributed by atoms with Crippen LogP contribution < -0.4 is 10.1 Å². The van der Waals surface area contributed by atoms with Gasteiger partial charge in [-0.3, -0.25) is 9.59 Å². The molecule has 0 aliphatic carbocycles. The fourth-order valence-corrected chi connectivity index (χ4v) is 2.82. The molecule has 2 rings (SSSR count). The highest BCUT2D eigenvalue weighted by Gasteiger charge is 2.25. The zero-order chi connectivity index (χ0) is 19.1. The SMILES string of the molecule is CNC(=O)[C@H](C)N(Cc1ccccc1)C(=O)COc1cc(C)cc(C)c1. The monoisotopic (exact) mass is 354 g/mol. The van der Waals surface area contributed by atoms with Crippen molar-refractivity contribution in [3.05, 3.63) is 65.2 Å². The van der Waals surface area contributed by atoms with Crippen LogP contribution in [0.5, 0.6) is 5.75 Å². The number of benzene rings is 2. The minimum absolute atomic E-state index is 0.114. The third-order valence-corrected chi connectivity index (χ3v) is 4.17. The van der Waals surface area contributed by atoms with Gasteiger partial charge in [-0.2, -0.15) is 0 Å². The van der Waals surface area contributed by atoms with Crippen molar-refractivity contribution in [3.8, 4) is 5.75 Å². The molecule has 0 aliphatic rings. The van der Waals surface area contributed by atoms with Crippen molar-refractivity contribution in [1.29, 1.82) is 0 Å². The third kappa shape index (κ3) is 5.34. The highest BCUT2D eigenvalue weighted by atomic mass is 16.5. The van der Waals surface area contributed by atoms with E-state index in [0.29, 0.717) is 12.3 Å². The van der Waals surface area contributed by atoms with Gasteiger partial charge in [-0.25, -0.2) is 0 Å². The number of carbonyl (C=O) groups excluding carboxylic acids is 2. The summed E-state index contributed by atoms with van der Waals surface area (Å²) < 4.78 is 5.69. The number of ether oxygens (including phenoxy) is 1. The molecule has 0 spiro atoms. The highest BCUT2D eigenvalue weighted by molar-refractivity contribution is 5.87. The number of hydrogen-bond acceptors (Lipinski definition) is 3. The normalized spacial score (nSPS) is 11.5. The molecule has 0 fully saturated rings. The molecule has 138 valence electrons. The summed E-state index contributed by atoms with van der Waals surface area (Å²) in [7, 11) is 1.57. The first-order valence-electron chi connectivity index (χ1n) is 8.66. The lowest BCUT2D eigenvalue weighted by atomic mass is 10.1. The maximum atomic E-state index is 12.8. The lowest BCUT2D eigenvalue weighted by Crippen LogP contribution is -2.48. The fraction of sp³-hybridized carbons (Fsp3) is 0.333. The fourth-order valence-electron chi connectivity index (χ4n) is 2.82. The minimum atomic E-state index is -0.587. The number of carbonyl (C=O) groups is 2. The molecule has 26 heavy (non-hydrogen) atoms. The first-order chi connectivity index (χ1) is 12.4. The summed E-state index contributed by atoms with van der Waals surface area (Å²) in [6.45, 7) is 5.92. The number of rotatable bonds is 7. The Hall–Kier alpha value is -2.82. The van der Waals surface area contributed by atoms with E-state index in [0.717, 1.165) is 16.7 Å². The summed E-state index contributed by atoms with van der Waals surface area (Å²) in [5, 5.41) is 2.60. The molecule has 0 radical (unpaired) electrons. The van der Waals surface area contributed by atoms with E-state index >= 15 is 0 Å². The molecule has 0 bridgehead atoms. The quantitative estimate of drug-likeness (QED) is 0.832. The molecule has 0 heterocycles. The first kappa shape index (κ1) is 19.5. The van der Waals surface area contributed by atoms with Gasteiger partial charge >= 0.3 is 0 Å². The van der Waals surface area contributed by atoms with E-state index in [2.05, 4.69) is 5.32 Å². The van der Waals surface area contributed by atoms with E-state index < -0.39 is 6.04 Å². The van der Waals surface area contributed by atoms with Crippen LogP contribution in [-0.2, 0) is 16.1 Å². The Morgan fingerprint density at radius 1 is 1.08 bits per heavy atom. The number of amides is 2. The summed E-state index contributed by atoms with van der Waals surface area (Å²) in [5.41, 5.74) is 3.11. The van der Waals surface area contributed by atoms with Gasteiger partial charge < -0.3 is 15.0 Å². The molecule has 2 amide bonds. The molecule has 1 N–H and O–H groups in total. The second-order valence-electron chi connectivity index (χ2n) is 6.41.